The van der Waals surface area contributed by atoms with Crippen molar-refractivity contribution in [3.63, 3.8) is 0 Å². The lowest BCUT2D eigenvalue weighted by Gasteiger charge is -2.24. The molecule has 0 aromatic carbocycles. The minimum Gasteiger partial charge on any atom is -0.479 e. The van der Waals surface area contributed by atoms with Gasteiger partial charge in [-0.05, 0) is 52.2 Å². The maximum absolute atomic E-state index is 14.8. The van der Waals surface area contributed by atoms with Crippen molar-refractivity contribution in [2.45, 2.75) is 24.1 Å². The molecule has 0 radical (unpaired) electrons. The maximum atomic E-state index is 14.8. The lowest BCUT2D eigenvalue weighted by atomic mass is 10.3. The van der Waals surface area contributed by atoms with Crippen molar-refractivity contribution >= 4 is 50.4 Å². The molecule has 15 heteroatoms. The van der Waals surface area contributed by atoms with Crippen LogP contribution in [0.15, 0.2) is 48.3 Å². The van der Waals surface area contributed by atoms with Gasteiger partial charge in [0, 0.05) is 26.3 Å². The lowest BCUT2D eigenvalue weighted by Crippen LogP contribution is -2.30. The van der Waals surface area contributed by atoms with Crippen LogP contribution < -0.4 is 25.6 Å². The number of nitrogens with one attached hydrogen (secondary N) is 3. The Morgan fingerprint density at radius 3 is 2.49 bits per heavy atom. The van der Waals surface area contributed by atoms with Crippen molar-refractivity contribution in [1.82, 2.24) is 24.8 Å². The van der Waals surface area contributed by atoms with Crippen LogP contribution in [0.3, 0.4) is 0 Å². The first-order valence-electron chi connectivity index (χ1n) is 12.5. The number of rotatable bonds is 13. The third kappa shape index (κ3) is 7.64. The number of anilines is 6. The van der Waals surface area contributed by atoms with Gasteiger partial charge in [0.1, 0.15) is 5.69 Å². The minimum absolute atomic E-state index is 0.0548. The zero-order valence-corrected chi connectivity index (χ0v) is 24.6. The molecule has 0 fully saturated rings. The molecule has 13 nitrogen and oxygen atoms in total. The van der Waals surface area contributed by atoms with E-state index in [-0.39, 0.29) is 34.0 Å². The number of methoxy groups -OCH3 is 1. The summed E-state index contributed by atoms with van der Waals surface area (Å²) in [6.07, 6.45) is 3.40. The van der Waals surface area contributed by atoms with E-state index in [9.17, 15) is 17.6 Å². The molecule has 0 aliphatic carbocycles. The van der Waals surface area contributed by atoms with Crippen LogP contribution in [0, 0.1) is 5.82 Å². The van der Waals surface area contributed by atoms with E-state index >= 15 is 0 Å². The number of carbonyl (C=O) groups excluding carboxylic acids is 1. The largest absolute Gasteiger partial charge is 0.479 e. The maximum Gasteiger partial charge on any atom is 0.247 e. The average Bonchev–Trinajstić information content (AvgIpc) is 2.93. The highest BCUT2D eigenvalue weighted by molar-refractivity contribution is 7.92. The molecule has 0 saturated carbocycles. The van der Waals surface area contributed by atoms with E-state index in [0.29, 0.717) is 18.1 Å². The van der Waals surface area contributed by atoms with Gasteiger partial charge in [-0.1, -0.05) is 6.58 Å². The highest BCUT2D eigenvalue weighted by Crippen LogP contribution is 2.35. The Labute approximate surface area is 238 Å². The van der Waals surface area contributed by atoms with Crippen molar-refractivity contribution in [2.24, 2.45) is 0 Å². The van der Waals surface area contributed by atoms with Crippen LogP contribution in [0.2, 0.25) is 0 Å². The van der Waals surface area contributed by atoms with Crippen LogP contribution in [0.5, 0.6) is 5.88 Å². The van der Waals surface area contributed by atoms with Crippen LogP contribution in [0.4, 0.5) is 39.0 Å². The van der Waals surface area contributed by atoms with Crippen molar-refractivity contribution in [2.75, 3.05) is 62.2 Å². The van der Waals surface area contributed by atoms with Crippen molar-refractivity contribution in [1.29, 1.82) is 0 Å². The summed E-state index contributed by atoms with van der Waals surface area (Å²) in [5, 5.41) is 7.41. The molecule has 3 heterocycles. The first-order valence-corrected chi connectivity index (χ1v) is 14.1. The summed E-state index contributed by atoms with van der Waals surface area (Å²) in [4.78, 5) is 32.8. The summed E-state index contributed by atoms with van der Waals surface area (Å²) in [7, 11) is 3.37. The number of nitrogens with zero attached hydrogens (tertiary/aromatic N) is 6. The summed E-state index contributed by atoms with van der Waals surface area (Å²) in [5.41, 5.74) is 0.695. The summed E-state index contributed by atoms with van der Waals surface area (Å²) in [6.45, 7) is 7.89. The molecule has 3 aromatic heterocycles. The Balaban J connectivity index is 2.00. The van der Waals surface area contributed by atoms with Gasteiger partial charge in [0.05, 0.1) is 29.9 Å². The second kappa shape index (κ2) is 13.3. The second-order valence-electron chi connectivity index (χ2n) is 9.42. The minimum atomic E-state index is -3.77. The third-order valence-electron chi connectivity index (χ3n) is 5.75. The molecule has 0 spiro atoms. The first kappa shape index (κ1) is 31.2. The zero-order valence-electron chi connectivity index (χ0n) is 23.8. The molecule has 3 N–H and O–H groups in total. The zero-order chi connectivity index (χ0) is 30.3. The molecule has 0 unspecified atom stereocenters. The number of aromatic nitrogens is 4. The van der Waals surface area contributed by atoms with Gasteiger partial charge in [-0.15, -0.1) is 0 Å². The smallest absolute Gasteiger partial charge is 0.247 e. The van der Waals surface area contributed by atoms with Crippen LogP contribution in [0.25, 0.3) is 0 Å². The number of pyridine rings is 2. The Morgan fingerprint density at radius 2 is 1.85 bits per heavy atom. The number of sulfone groups is 1. The Morgan fingerprint density at radius 1 is 1.12 bits per heavy atom. The molecule has 0 saturated heterocycles. The third-order valence-corrected chi connectivity index (χ3v) is 7.86. The summed E-state index contributed by atoms with van der Waals surface area (Å²) < 4.78 is 45.8. The van der Waals surface area contributed by atoms with Crippen LogP contribution >= 0.6 is 0 Å². The lowest BCUT2D eigenvalue weighted by molar-refractivity contribution is -0.111. The SMILES string of the molecule is C=CC(=O)Nc1cc(Nc2ncc(F)c(Nc3cccnc3S(=O)(=O)C(C)C)n2)c(OC)nc1N(C)CCN(C)C. The standard InChI is InChI=1S/C26H34FN9O4S/c1-8-21(37)30-19-14-20(24(40-7)34-23(19)36(6)13-12-35(4)5)32-26-29-15-17(27)22(33-26)31-18-10-9-11-28-25(18)41(38,39)16(2)3/h8-11,14-16H,1,12-13H2,2-7H3,(H,30,37)(H2,29,31,32,33). The van der Waals surface area contributed by atoms with E-state index in [4.69, 9.17) is 4.74 Å². The number of ether oxygens (including phenoxy) is 1. The molecule has 3 rings (SSSR count). The molecule has 220 valence electrons. The topological polar surface area (TPSA) is 155 Å². The fourth-order valence-corrected chi connectivity index (χ4v) is 4.53. The fraction of sp³-hybridized carbons (Fsp3) is 0.346. The molecule has 1 amide bonds. The Hall–Kier alpha value is -4.37. The molecular weight excluding hydrogens is 553 g/mol. The van der Waals surface area contributed by atoms with Crippen molar-refractivity contribution in [3.8, 4) is 5.88 Å². The van der Waals surface area contributed by atoms with Gasteiger partial charge in [0.2, 0.25) is 17.7 Å². The first-order chi connectivity index (χ1) is 19.4. The monoisotopic (exact) mass is 587 g/mol. The number of amides is 1. The van der Waals surface area contributed by atoms with Crippen LogP contribution in [0.1, 0.15) is 13.8 Å². The number of carbonyl (C=O) groups is 1. The van der Waals surface area contributed by atoms with E-state index in [1.807, 2.05) is 30.9 Å². The average molecular weight is 588 g/mol. The van der Waals surface area contributed by atoms with Gasteiger partial charge in [-0.2, -0.15) is 9.97 Å². The molecule has 0 aliphatic rings. The van der Waals surface area contributed by atoms with E-state index in [1.54, 1.807) is 6.07 Å². The van der Waals surface area contributed by atoms with Gasteiger partial charge in [-0.3, -0.25) is 4.79 Å². The summed E-state index contributed by atoms with van der Waals surface area (Å²) >= 11 is 0. The molecule has 0 bridgehead atoms. The van der Waals surface area contributed by atoms with E-state index < -0.39 is 26.8 Å². The van der Waals surface area contributed by atoms with E-state index in [2.05, 4.69) is 42.5 Å². The van der Waals surface area contributed by atoms with Gasteiger partial charge < -0.3 is 30.5 Å². The van der Waals surface area contributed by atoms with Gasteiger partial charge in [0.15, 0.2) is 32.3 Å². The second-order valence-corrected chi connectivity index (χ2v) is 11.8. The fourth-order valence-electron chi connectivity index (χ4n) is 3.45. The normalized spacial score (nSPS) is 11.3. The van der Waals surface area contributed by atoms with Crippen molar-refractivity contribution < 1.29 is 22.3 Å². The molecule has 0 atom stereocenters. The summed E-state index contributed by atoms with van der Waals surface area (Å²) in [5.74, 6) is -1.01. The van der Waals surface area contributed by atoms with Gasteiger partial charge in [-0.25, -0.2) is 22.8 Å². The quantitative estimate of drug-likeness (QED) is 0.252. The molecule has 0 aliphatic heterocycles. The number of hydrogen-bond donors (Lipinski definition) is 3. The van der Waals surface area contributed by atoms with Crippen LogP contribution in [-0.4, -0.2) is 85.8 Å². The Bertz CT molecular complexity index is 1520. The molecule has 41 heavy (non-hydrogen) atoms. The highest BCUT2D eigenvalue weighted by Gasteiger charge is 2.25. The number of likely N-dealkylation sites (N-methyl/N-ethyl adjacent to an activating group) is 2. The predicted molar refractivity (Wildman–Crippen MR) is 157 cm³/mol. The molecule has 3 aromatic rings. The van der Waals surface area contributed by atoms with E-state index in [1.165, 1.54) is 39.3 Å². The van der Waals surface area contributed by atoms with Gasteiger partial charge >= 0.3 is 0 Å². The number of halogens is 1. The van der Waals surface area contributed by atoms with E-state index in [0.717, 1.165) is 18.8 Å². The molecular formula is C26H34FN9O4S. The predicted octanol–water partition coefficient (Wildman–Crippen LogP) is 3.21. The van der Waals surface area contributed by atoms with Crippen LogP contribution in [-0.2, 0) is 14.6 Å². The summed E-state index contributed by atoms with van der Waals surface area (Å²) in [6, 6.07) is 4.57. The highest BCUT2D eigenvalue weighted by atomic mass is 32.2. The Kier molecular flexibility index (Phi) is 10.1. The number of hydrogen-bond acceptors (Lipinski definition) is 12. The van der Waals surface area contributed by atoms with Crippen molar-refractivity contribution in [3.05, 3.63) is 49.1 Å². The van der Waals surface area contributed by atoms with Gasteiger partial charge in [0.25, 0.3) is 0 Å².